The molecule has 0 amide bonds. The van der Waals surface area contributed by atoms with Gasteiger partial charge in [0.25, 0.3) is 0 Å². The lowest BCUT2D eigenvalue weighted by Crippen LogP contribution is -2.16. The zero-order valence-electron chi connectivity index (χ0n) is 10.3. The molecule has 0 fully saturated rings. The van der Waals surface area contributed by atoms with Crippen LogP contribution in [0.15, 0.2) is 22.6 Å². The van der Waals surface area contributed by atoms with E-state index in [2.05, 4.69) is 18.0 Å². The first-order valence-electron chi connectivity index (χ1n) is 6.05. The topological polar surface area (TPSA) is 25.6 Å². The van der Waals surface area contributed by atoms with E-state index in [1.165, 1.54) is 17.4 Å². The van der Waals surface area contributed by atoms with Crippen LogP contribution in [0.5, 0.6) is 5.75 Å². The van der Waals surface area contributed by atoms with Crippen LogP contribution in [0.1, 0.15) is 17.7 Å². The Kier molecular flexibility index (Phi) is 2.56. The van der Waals surface area contributed by atoms with E-state index in [9.17, 15) is 0 Å². The minimum Gasteiger partial charge on any atom is -0.497 e. The predicted molar refractivity (Wildman–Crippen MR) is 67.4 cm³/mol. The summed E-state index contributed by atoms with van der Waals surface area (Å²) in [5.74, 6) is 1.98. The third-order valence-electron chi connectivity index (χ3n) is 3.46. The second-order valence-corrected chi connectivity index (χ2v) is 4.71. The summed E-state index contributed by atoms with van der Waals surface area (Å²) < 4.78 is 11.2. The van der Waals surface area contributed by atoms with Crippen LogP contribution in [-0.2, 0) is 13.0 Å². The van der Waals surface area contributed by atoms with Crippen molar-refractivity contribution in [3.05, 3.63) is 29.5 Å². The lowest BCUT2D eigenvalue weighted by molar-refractivity contribution is 0.306. The molecule has 17 heavy (non-hydrogen) atoms. The average molecular weight is 231 g/mol. The highest BCUT2D eigenvalue weighted by Gasteiger charge is 2.18. The van der Waals surface area contributed by atoms with Crippen molar-refractivity contribution >= 4 is 11.0 Å². The summed E-state index contributed by atoms with van der Waals surface area (Å²) in [6, 6.07) is 6.10. The van der Waals surface area contributed by atoms with Crippen molar-refractivity contribution in [2.45, 2.75) is 19.4 Å². The van der Waals surface area contributed by atoms with E-state index in [0.29, 0.717) is 0 Å². The Labute approximate surface area is 101 Å². The average Bonchev–Trinajstić information content (AvgIpc) is 2.55. The number of hydrogen-bond acceptors (Lipinski definition) is 3. The van der Waals surface area contributed by atoms with Gasteiger partial charge in [-0.15, -0.1) is 0 Å². The highest BCUT2D eigenvalue weighted by Crippen LogP contribution is 2.32. The first-order valence-corrected chi connectivity index (χ1v) is 6.05. The molecule has 0 bridgehead atoms. The van der Waals surface area contributed by atoms with Crippen LogP contribution in [-0.4, -0.2) is 25.6 Å². The Hall–Kier alpha value is -1.48. The molecule has 90 valence electrons. The number of aryl methyl sites for hydroxylation is 1. The molecule has 0 atom stereocenters. The molecular formula is C14H17NO2. The van der Waals surface area contributed by atoms with Crippen LogP contribution in [0.2, 0.25) is 0 Å². The fourth-order valence-electron chi connectivity index (χ4n) is 2.56. The van der Waals surface area contributed by atoms with Gasteiger partial charge in [0, 0.05) is 17.0 Å². The van der Waals surface area contributed by atoms with Crippen molar-refractivity contribution in [3.8, 4) is 5.75 Å². The number of methoxy groups -OCH3 is 1. The van der Waals surface area contributed by atoms with Crippen LogP contribution in [0.25, 0.3) is 11.0 Å². The molecule has 1 aliphatic heterocycles. The fraction of sp³-hybridized carbons (Fsp3) is 0.429. The second kappa shape index (κ2) is 4.08. The Morgan fingerprint density at radius 1 is 1.35 bits per heavy atom. The van der Waals surface area contributed by atoms with Gasteiger partial charge < -0.3 is 9.15 Å². The quantitative estimate of drug-likeness (QED) is 0.754. The van der Waals surface area contributed by atoms with Gasteiger partial charge >= 0.3 is 0 Å². The van der Waals surface area contributed by atoms with Crippen molar-refractivity contribution in [1.29, 1.82) is 0 Å². The Morgan fingerprint density at radius 3 is 3.06 bits per heavy atom. The highest BCUT2D eigenvalue weighted by atomic mass is 16.5. The van der Waals surface area contributed by atoms with Crippen LogP contribution in [0, 0.1) is 0 Å². The van der Waals surface area contributed by atoms with Gasteiger partial charge in [0.15, 0.2) is 0 Å². The Bertz CT molecular complexity index is 544. The number of hydrogen-bond donors (Lipinski definition) is 0. The number of rotatable bonds is 1. The molecule has 1 aromatic carbocycles. The third-order valence-corrected chi connectivity index (χ3v) is 3.46. The standard InChI is InChI=1S/C14H17NO2/c1-15-7-3-4-11-12-6-5-10(16-2)8-13(12)17-14(11)9-15/h5-6,8H,3-4,7,9H2,1-2H3. The van der Waals surface area contributed by atoms with E-state index in [1.54, 1.807) is 7.11 Å². The molecule has 1 aliphatic rings. The SMILES string of the molecule is COc1ccc2c3c(oc2c1)CN(C)CCC3. The summed E-state index contributed by atoms with van der Waals surface area (Å²) in [6.07, 6.45) is 2.31. The summed E-state index contributed by atoms with van der Waals surface area (Å²) in [6.45, 7) is 2.05. The molecule has 0 unspecified atom stereocenters. The molecule has 0 saturated carbocycles. The number of benzene rings is 1. The van der Waals surface area contributed by atoms with Gasteiger partial charge in [-0.1, -0.05) is 0 Å². The van der Waals surface area contributed by atoms with Crippen LogP contribution in [0.4, 0.5) is 0 Å². The van der Waals surface area contributed by atoms with Crippen molar-refractivity contribution < 1.29 is 9.15 Å². The van der Waals surface area contributed by atoms with Crippen LogP contribution < -0.4 is 4.74 Å². The van der Waals surface area contributed by atoms with Crippen LogP contribution >= 0.6 is 0 Å². The van der Waals surface area contributed by atoms with Crippen molar-refractivity contribution in [2.24, 2.45) is 0 Å². The van der Waals surface area contributed by atoms with Crippen LogP contribution in [0.3, 0.4) is 0 Å². The maximum Gasteiger partial charge on any atom is 0.138 e. The first kappa shape index (κ1) is 10.7. The Balaban J connectivity index is 2.13. The predicted octanol–water partition coefficient (Wildman–Crippen LogP) is 2.82. The highest BCUT2D eigenvalue weighted by molar-refractivity contribution is 5.83. The van der Waals surface area contributed by atoms with E-state index in [0.717, 1.165) is 36.6 Å². The molecule has 0 spiro atoms. The molecule has 3 heteroatoms. The summed E-state index contributed by atoms with van der Waals surface area (Å²) in [4.78, 5) is 2.31. The lowest BCUT2D eigenvalue weighted by Gasteiger charge is -2.10. The minimum atomic E-state index is 0.856. The molecule has 0 aliphatic carbocycles. The molecular weight excluding hydrogens is 214 g/mol. The normalized spacial score (nSPS) is 16.8. The van der Waals surface area contributed by atoms with E-state index in [1.807, 2.05) is 12.1 Å². The number of nitrogens with zero attached hydrogens (tertiary/aromatic N) is 1. The van der Waals surface area contributed by atoms with Gasteiger partial charge in [-0.2, -0.15) is 0 Å². The van der Waals surface area contributed by atoms with Crippen molar-refractivity contribution in [1.82, 2.24) is 4.90 Å². The molecule has 0 saturated heterocycles. The number of furan rings is 1. The van der Waals surface area contributed by atoms with Crippen molar-refractivity contribution in [2.75, 3.05) is 20.7 Å². The van der Waals surface area contributed by atoms with Crippen molar-refractivity contribution in [3.63, 3.8) is 0 Å². The number of fused-ring (bicyclic) bond motifs is 3. The third kappa shape index (κ3) is 1.80. The largest absolute Gasteiger partial charge is 0.497 e. The minimum absolute atomic E-state index is 0.856. The van der Waals surface area contributed by atoms with Gasteiger partial charge in [-0.3, -0.25) is 4.90 Å². The summed E-state index contributed by atoms with van der Waals surface area (Å²) >= 11 is 0. The Morgan fingerprint density at radius 2 is 2.24 bits per heavy atom. The zero-order valence-corrected chi connectivity index (χ0v) is 10.3. The molecule has 0 radical (unpaired) electrons. The van der Waals surface area contributed by atoms with E-state index < -0.39 is 0 Å². The summed E-state index contributed by atoms with van der Waals surface area (Å²) in [7, 11) is 3.83. The summed E-state index contributed by atoms with van der Waals surface area (Å²) in [5, 5.41) is 1.25. The van der Waals surface area contributed by atoms with Gasteiger partial charge in [-0.25, -0.2) is 0 Å². The van der Waals surface area contributed by atoms with E-state index in [4.69, 9.17) is 9.15 Å². The zero-order chi connectivity index (χ0) is 11.8. The van der Waals surface area contributed by atoms with E-state index >= 15 is 0 Å². The van der Waals surface area contributed by atoms with Gasteiger partial charge in [0.05, 0.1) is 13.7 Å². The molecule has 2 heterocycles. The maximum absolute atomic E-state index is 5.96. The van der Waals surface area contributed by atoms with Gasteiger partial charge in [0.2, 0.25) is 0 Å². The second-order valence-electron chi connectivity index (χ2n) is 4.71. The first-order chi connectivity index (χ1) is 8.28. The van der Waals surface area contributed by atoms with Gasteiger partial charge in [-0.05, 0) is 38.6 Å². The number of ether oxygens (including phenoxy) is 1. The van der Waals surface area contributed by atoms with Gasteiger partial charge in [0.1, 0.15) is 17.1 Å². The van der Waals surface area contributed by atoms with E-state index in [-0.39, 0.29) is 0 Å². The lowest BCUT2D eigenvalue weighted by atomic mass is 10.1. The molecule has 2 aromatic rings. The molecule has 0 N–H and O–H groups in total. The smallest absolute Gasteiger partial charge is 0.138 e. The maximum atomic E-state index is 5.96. The molecule has 3 rings (SSSR count). The summed E-state index contributed by atoms with van der Waals surface area (Å²) in [5.41, 5.74) is 2.33. The molecule has 3 nitrogen and oxygen atoms in total. The molecule has 1 aromatic heterocycles. The monoisotopic (exact) mass is 231 g/mol. The fourth-order valence-corrected chi connectivity index (χ4v) is 2.56.